The second kappa shape index (κ2) is 7.44. The lowest BCUT2D eigenvalue weighted by Gasteiger charge is -2.13. The fourth-order valence-electron chi connectivity index (χ4n) is 1.91. The van der Waals surface area contributed by atoms with E-state index in [1.807, 2.05) is 20.8 Å². The van der Waals surface area contributed by atoms with Crippen LogP contribution in [-0.4, -0.2) is 21.0 Å². The third-order valence-corrected chi connectivity index (χ3v) is 4.50. The first kappa shape index (κ1) is 16.7. The van der Waals surface area contributed by atoms with Crippen LogP contribution < -0.4 is 10.5 Å². The number of benzene rings is 1. The van der Waals surface area contributed by atoms with Crippen LogP contribution in [-0.2, 0) is 10.0 Å². The highest BCUT2D eigenvalue weighted by Gasteiger charge is 2.17. The minimum Gasteiger partial charge on any atom is -0.320 e. The lowest BCUT2D eigenvalue weighted by atomic mass is 10.1. The van der Waals surface area contributed by atoms with Crippen LogP contribution >= 0.6 is 0 Å². The Balaban J connectivity index is 3.00. The molecule has 1 unspecified atom stereocenters. The minimum atomic E-state index is -3.46. The second-order valence-corrected chi connectivity index (χ2v) is 6.51. The molecular weight excluding hydrogens is 272 g/mol. The Bertz CT molecular complexity index is 612. The maximum atomic E-state index is 12.2. The van der Waals surface area contributed by atoms with E-state index in [-0.39, 0.29) is 17.5 Å². The van der Waals surface area contributed by atoms with Gasteiger partial charge in [0.2, 0.25) is 10.0 Å². The number of rotatable bonds is 5. The van der Waals surface area contributed by atoms with E-state index in [0.29, 0.717) is 0 Å². The maximum absolute atomic E-state index is 12.2. The number of aryl methyl sites for hydroxylation is 1. The van der Waals surface area contributed by atoms with Crippen LogP contribution in [0.1, 0.15) is 37.8 Å². The minimum absolute atomic E-state index is 0.0676. The zero-order chi connectivity index (χ0) is 15.2. The average molecular weight is 294 g/mol. The van der Waals surface area contributed by atoms with Crippen LogP contribution in [0.4, 0.5) is 0 Å². The zero-order valence-electron chi connectivity index (χ0n) is 12.2. The predicted octanol–water partition coefficient (Wildman–Crippen LogP) is 1.77. The van der Waals surface area contributed by atoms with E-state index in [1.165, 1.54) is 0 Å². The molecule has 0 heterocycles. The molecule has 0 amide bonds. The SMILES string of the molecule is CCCC(C)NS(=O)(=O)c1ccc(C#CCN)c(C)c1. The summed E-state index contributed by atoms with van der Waals surface area (Å²) >= 11 is 0. The Morgan fingerprint density at radius 3 is 2.65 bits per heavy atom. The quantitative estimate of drug-likeness (QED) is 0.813. The van der Waals surface area contributed by atoms with E-state index < -0.39 is 10.0 Å². The van der Waals surface area contributed by atoms with Gasteiger partial charge >= 0.3 is 0 Å². The number of nitrogens with two attached hydrogens (primary N) is 1. The summed E-state index contributed by atoms with van der Waals surface area (Å²) in [6, 6.07) is 4.87. The molecule has 4 nitrogen and oxygen atoms in total. The Labute approximate surface area is 121 Å². The van der Waals surface area contributed by atoms with Gasteiger partial charge in [-0.05, 0) is 44.0 Å². The molecule has 0 saturated carbocycles. The van der Waals surface area contributed by atoms with Crippen molar-refractivity contribution in [3.8, 4) is 11.8 Å². The summed E-state index contributed by atoms with van der Waals surface area (Å²) in [5, 5.41) is 0. The summed E-state index contributed by atoms with van der Waals surface area (Å²) in [6.45, 7) is 6.03. The fraction of sp³-hybridized carbons (Fsp3) is 0.467. The van der Waals surface area contributed by atoms with Gasteiger partial charge in [0, 0.05) is 11.6 Å². The summed E-state index contributed by atoms with van der Waals surface area (Å²) in [4.78, 5) is 0.274. The van der Waals surface area contributed by atoms with Crippen molar-refractivity contribution in [3.63, 3.8) is 0 Å². The van der Waals surface area contributed by atoms with Gasteiger partial charge in [-0.2, -0.15) is 0 Å². The van der Waals surface area contributed by atoms with Gasteiger partial charge in [0.25, 0.3) is 0 Å². The molecule has 0 fully saturated rings. The summed E-state index contributed by atoms with van der Waals surface area (Å²) < 4.78 is 27.1. The van der Waals surface area contributed by atoms with Gasteiger partial charge in [-0.1, -0.05) is 25.2 Å². The molecule has 5 heteroatoms. The molecule has 0 radical (unpaired) electrons. The van der Waals surface area contributed by atoms with Crippen LogP contribution in [0.5, 0.6) is 0 Å². The van der Waals surface area contributed by atoms with Gasteiger partial charge in [-0.3, -0.25) is 0 Å². The van der Waals surface area contributed by atoms with Crippen molar-refractivity contribution >= 4 is 10.0 Å². The molecule has 1 aromatic carbocycles. The summed E-state index contributed by atoms with van der Waals surface area (Å²) in [6.07, 6.45) is 1.76. The predicted molar refractivity (Wildman–Crippen MR) is 81.8 cm³/mol. The first-order chi connectivity index (χ1) is 9.40. The van der Waals surface area contributed by atoms with Crippen LogP contribution in [0.25, 0.3) is 0 Å². The summed E-state index contributed by atoms with van der Waals surface area (Å²) in [5.41, 5.74) is 6.96. The van der Waals surface area contributed by atoms with Crippen LogP contribution in [0, 0.1) is 18.8 Å². The van der Waals surface area contributed by atoms with Crippen LogP contribution in [0.2, 0.25) is 0 Å². The summed E-state index contributed by atoms with van der Waals surface area (Å²) in [7, 11) is -3.46. The number of nitrogens with one attached hydrogen (secondary N) is 1. The second-order valence-electron chi connectivity index (χ2n) is 4.79. The monoisotopic (exact) mass is 294 g/mol. The molecular formula is C15H22N2O2S. The van der Waals surface area contributed by atoms with Gasteiger partial charge in [-0.25, -0.2) is 13.1 Å². The van der Waals surface area contributed by atoms with Crippen molar-refractivity contribution in [1.82, 2.24) is 4.72 Å². The molecule has 0 aliphatic carbocycles. The summed E-state index contributed by atoms with van der Waals surface area (Å²) in [5.74, 6) is 5.69. The normalized spacial score (nSPS) is 12.6. The Morgan fingerprint density at radius 1 is 1.40 bits per heavy atom. The third-order valence-electron chi connectivity index (χ3n) is 2.91. The van der Waals surface area contributed by atoms with Gasteiger partial charge in [0.05, 0.1) is 11.4 Å². The highest BCUT2D eigenvalue weighted by molar-refractivity contribution is 7.89. The van der Waals surface area contributed by atoms with Gasteiger partial charge in [-0.15, -0.1) is 0 Å². The van der Waals surface area contributed by atoms with Gasteiger partial charge in [0.15, 0.2) is 0 Å². The molecule has 0 aromatic heterocycles. The van der Waals surface area contributed by atoms with E-state index in [2.05, 4.69) is 16.6 Å². The van der Waals surface area contributed by atoms with E-state index in [1.54, 1.807) is 18.2 Å². The highest BCUT2D eigenvalue weighted by Crippen LogP contribution is 2.15. The Morgan fingerprint density at radius 2 is 2.10 bits per heavy atom. The fourth-order valence-corrected chi connectivity index (χ4v) is 3.28. The third kappa shape index (κ3) is 4.64. The topological polar surface area (TPSA) is 72.2 Å². The molecule has 0 spiro atoms. The van der Waals surface area contributed by atoms with E-state index in [4.69, 9.17) is 5.73 Å². The molecule has 1 aromatic rings. The first-order valence-corrected chi connectivity index (χ1v) is 8.21. The van der Waals surface area contributed by atoms with Crippen molar-refractivity contribution in [2.24, 2.45) is 5.73 Å². The molecule has 3 N–H and O–H groups in total. The van der Waals surface area contributed by atoms with Crippen molar-refractivity contribution in [3.05, 3.63) is 29.3 Å². The largest absolute Gasteiger partial charge is 0.320 e. The van der Waals surface area contributed by atoms with Crippen molar-refractivity contribution in [2.45, 2.75) is 44.6 Å². The molecule has 0 aliphatic heterocycles. The van der Waals surface area contributed by atoms with E-state index in [9.17, 15) is 8.42 Å². The lowest BCUT2D eigenvalue weighted by molar-refractivity contribution is 0.544. The average Bonchev–Trinajstić information content (AvgIpc) is 2.36. The van der Waals surface area contributed by atoms with Gasteiger partial charge in [0.1, 0.15) is 0 Å². The molecule has 1 rings (SSSR count). The first-order valence-electron chi connectivity index (χ1n) is 6.72. The van der Waals surface area contributed by atoms with Crippen LogP contribution in [0.15, 0.2) is 23.1 Å². The molecule has 0 saturated heterocycles. The van der Waals surface area contributed by atoms with E-state index >= 15 is 0 Å². The smallest absolute Gasteiger partial charge is 0.240 e. The molecule has 0 aliphatic rings. The standard InChI is InChI=1S/C15H22N2O2S/c1-4-6-13(3)17-20(18,19)15-9-8-14(7-5-10-16)12(2)11-15/h8-9,11,13,17H,4,6,10,16H2,1-3H3. The van der Waals surface area contributed by atoms with E-state index in [0.717, 1.165) is 24.0 Å². The number of hydrogen-bond acceptors (Lipinski definition) is 3. The Hall–Kier alpha value is -1.35. The van der Waals surface area contributed by atoms with Crippen molar-refractivity contribution in [1.29, 1.82) is 0 Å². The molecule has 20 heavy (non-hydrogen) atoms. The molecule has 110 valence electrons. The maximum Gasteiger partial charge on any atom is 0.240 e. The lowest BCUT2D eigenvalue weighted by Crippen LogP contribution is -2.32. The number of hydrogen-bond donors (Lipinski definition) is 2. The zero-order valence-corrected chi connectivity index (χ0v) is 13.0. The molecule has 0 bridgehead atoms. The Kier molecular flexibility index (Phi) is 6.21. The number of sulfonamides is 1. The van der Waals surface area contributed by atoms with Gasteiger partial charge < -0.3 is 5.73 Å². The van der Waals surface area contributed by atoms with Crippen LogP contribution in [0.3, 0.4) is 0 Å². The van der Waals surface area contributed by atoms with Crippen molar-refractivity contribution in [2.75, 3.05) is 6.54 Å². The highest BCUT2D eigenvalue weighted by atomic mass is 32.2. The van der Waals surface area contributed by atoms with Crippen molar-refractivity contribution < 1.29 is 8.42 Å². The molecule has 1 atom stereocenters.